The largest absolute Gasteiger partial charge is 0.497 e. The van der Waals surface area contributed by atoms with Gasteiger partial charge in [-0.3, -0.25) is 4.79 Å². The Bertz CT molecular complexity index is 1050. The molecule has 6 heteroatoms. The molecule has 6 nitrogen and oxygen atoms in total. The quantitative estimate of drug-likeness (QED) is 0.339. The van der Waals surface area contributed by atoms with Crippen LogP contribution in [0.15, 0.2) is 66.7 Å². The van der Waals surface area contributed by atoms with Gasteiger partial charge in [-0.15, -0.1) is 0 Å². The number of nitrogen functional groups attached to an aromatic ring is 1. The second-order valence-corrected chi connectivity index (χ2v) is 6.88. The van der Waals surface area contributed by atoms with E-state index < -0.39 is 0 Å². The summed E-state index contributed by atoms with van der Waals surface area (Å²) in [6.07, 6.45) is 1.60. The van der Waals surface area contributed by atoms with Crippen molar-refractivity contribution in [2.24, 2.45) is 0 Å². The number of anilines is 1. The maximum Gasteiger partial charge on any atom is 0.251 e. The highest BCUT2D eigenvalue weighted by molar-refractivity contribution is 5.96. The summed E-state index contributed by atoms with van der Waals surface area (Å²) in [5.41, 5.74) is 10.1. The van der Waals surface area contributed by atoms with Crippen LogP contribution >= 0.6 is 0 Å². The summed E-state index contributed by atoms with van der Waals surface area (Å²) in [5.74, 6) is 0.456. The van der Waals surface area contributed by atoms with Gasteiger partial charge in [0.2, 0.25) is 0 Å². The maximum atomic E-state index is 12.9. The molecular formula is C24H25N3O3. The fourth-order valence-corrected chi connectivity index (χ4v) is 3.27. The van der Waals surface area contributed by atoms with Gasteiger partial charge in [-0.25, -0.2) is 0 Å². The molecule has 1 atom stereocenters. The lowest BCUT2D eigenvalue weighted by molar-refractivity contribution is 0.0930. The van der Waals surface area contributed by atoms with Crippen molar-refractivity contribution in [3.63, 3.8) is 0 Å². The Labute approximate surface area is 175 Å². The zero-order valence-electron chi connectivity index (χ0n) is 16.8. The van der Waals surface area contributed by atoms with E-state index in [4.69, 9.17) is 15.9 Å². The van der Waals surface area contributed by atoms with Crippen LogP contribution in [-0.4, -0.2) is 30.9 Å². The molecule has 0 aliphatic rings. The van der Waals surface area contributed by atoms with Crippen LogP contribution in [0.5, 0.6) is 5.75 Å². The molecule has 3 rings (SSSR count). The number of ether oxygens (including phenoxy) is 1. The van der Waals surface area contributed by atoms with Gasteiger partial charge in [-0.2, -0.15) is 0 Å². The molecule has 154 valence electrons. The van der Waals surface area contributed by atoms with Gasteiger partial charge in [0, 0.05) is 29.6 Å². The van der Waals surface area contributed by atoms with Crippen molar-refractivity contribution < 1.29 is 14.6 Å². The molecule has 5 N–H and O–H groups in total. The highest BCUT2D eigenvalue weighted by atomic mass is 16.5. The zero-order valence-corrected chi connectivity index (χ0v) is 16.8. The van der Waals surface area contributed by atoms with Crippen molar-refractivity contribution in [2.75, 3.05) is 19.5 Å². The van der Waals surface area contributed by atoms with E-state index in [-0.39, 0.29) is 18.6 Å². The standard InChI is InChI=1S/C24H25N3O3/c1-30-21-7-3-5-18(14-21)23(10-11-28)27-24(29)19-6-2-4-16(12-19)17-8-9-22(26)20(13-17)15-25/h2-9,12-15,23,25,28H,10-11,26H2,1H3,(H,27,29). The first-order valence-corrected chi connectivity index (χ1v) is 9.62. The average Bonchev–Trinajstić information content (AvgIpc) is 2.79. The Balaban J connectivity index is 1.85. The van der Waals surface area contributed by atoms with Crippen molar-refractivity contribution in [1.29, 1.82) is 5.41 Å². The number of carbonyl (C=O) groups is 1. The number of nitrogens with two attached hydrogens (primary N) is 1. The third-order valence-corrected chi connectivity index (χ3v) is 4.92. The molecule has 0 aliphatic heterocycles. The first-order chi connectivity index (χ1) is 14.5. The van der Waals surface area contributed by atoms with Crippen molar-refractivity contribution in [3.8, 4) is 16.9 Å². The molecule has 0 saturated heterocycles. The molecule has 0 aliphatic carbocycles. The zero-order chi connectivity index (χ0) is 21.5. The van der Waals surface area contributed by atoms with E-state index in [1.165, 1.54) is 6.21 Å². The number of methoxy groups -OCH3 is 1. The minimum atomic E-state index is -0.345. The van der Waals surface area contributed by atoms with Gasteiger partial charge >= 0.3 is 0 Å². The third kappa shape index (κ3) is 4.85. The van der Waals surface area contributed by atoms with Crippen LogP contribution in [0.2, 0.25) is 0 Å². The number of amides is 1. The molecule has 30 heavy (non-hydrogen) atoms. The lowest BCUT2D eigenvalue weighted by Gasteiger charge is -2.19. The van der Waals surface area contributed by atoms with Crippen molar-refractivity contribution in [3.05, 3.63) is 83.4 Å². The lowest BCUT2D eigenvalue weighted by Crippen LogP contribution is -2.29. The molecule has 3 aromatic carbocycles. The second-order valence-electron chi connectivity index (χ2n) is 6.88. The monoisotopic (exact) mass is 403 g/mol. The van der Waals surface area contributed by atoms with Crippen LogP contribution in [0.4, 0.5) is 5.69 Å². The van der Waals surface area contributed by atoms with Crippen LogP contribution in [0.1, 0.15) is 33.9 Å². The average molecular weight is 403 g/mol. The predicted octanol–water partition coefficient (Wildman–Crippen LogP) is 3.80. The molecule has 0 saturated carbocycles. The van der Waals surface area contributed by atoms with E-state index in [0.717, 1.165) is 16.7 Å². The Morgan fingerprint density at radius 3 is 2.63 bits per heavy atom. The number of hydrogen-bond acceptors (Lipinski definition) is 5. The van der Waals surface area contributed by atoms with Crippen LogP contribution in [0.25, 0.3) is 11.1 Å². The Morgan fingerprint density at radius 1 is 1.13 bits per heavy atom. The molecule has 0 spiro atoms. The van der Waals surface area contributed by atoms with Gasteiger partial charge < -0.3 is 26.3 Å². The molecule has 0 heterocycles. The Kier molecular flexibility index (Phi) is 6.83. The van der Waals surface area contributed by atoms with Crippen molar-refractivity contribution in [2.45, 2.75) is 12.5 Å². The predicted molar refractivity (Wildman–Crippen MR) is 119 cm³/mol. The smallest absolute Gasteiger partial charge is 0.251 e. The van der Waals surface area contributed by atoms with Gasteiger partial charge in [-0.1, -0.05) is 30.3 Å². The summed E-state index contributed by atoms with van der Waals surface area (Å²) >= 11 is 0. The molecule has 0 radical (unpaired) electrons. The SMILES string of the molecule is COc1cccc(C(CCO)NC(=O)c2cccc(-c3ccc(N)c(C=N)c3)c2)c1. The first kappa shape index (κ1) is 21.1. The molecule has 0 fully saturated rings. The number of aliphatic hydroxyl groups excluding tert-OH is 1. The summed E-state index contributed by atoms with van der Waals surface area (Å²) in [4.78, 5) is 12.9. The molecule has 1 amide bonds. The van der Waals surface area contributed by atoms with Crippen molar-refractivity contribution in [1.82, 2.24) is 5.32 Å². The number of nitrogens with one attached hydrogen (secondary N) is 2. The maximum absolute atomic E-state index is 12.9. The summed E-state index contributed by atoms with van der Waals surface area (Å²) < 4.78 is 5.26. The number of aliphatic hydroxyl groups is 1. The minimum absolute atomic E-state index is 0.0555. The fourth-order valence-electron chi connectivity index (χ4n) is 3.27. The van der Waals surface area contributed by atoms with Gasteiger partial charge in [0.05, 0.1) is 13.2 Å². The summed E-state index contributed by atoms with van der Waals surface area (Å²) in [5, 5.41) is 19.9. The number of rotatable bonds is 8. The van der Waals surface area contributed by atoms with Crippen molar-refractivity contribution >= 4 is 17.8 Å². The van der Waals surface area contributed by atoms with Gasteiger partial charge in [0.1, 0.15) is 5.75 Å². The summed E-state index contributed by atoms with van der Waals surface area (Å²) in [6, 6.07) is 19.8. The Hall–Kier alpha value is -3.64. The summed E-state index contributed by atoms with van der Waals surface area (Å²) in [6.45, 7) is -0.0555. The van der Waals surface area contributed by atoms with E-state index >= 15 is 0 Å². The van der Waals surface area contributed by atoms with E-state index in [9.17, 15) is 9.90 Å². The fraction of sp³-hybridized carbons (Fsp3) is 0.167. The molecule has 1 unspecified atom stereocenters. The normalized spacial score (nSPS) is 11.5. The molecule has 3 aromatic rings. The number of carbonyl (C=O) groups excluding carboxylic acids is 1. The molecule has 0 bridgehead atoms. The third-order valence-electron chi connectivity index (χ3n) is 4.92. The van der Waals surface area contributed by atoms with E-state index in [0.29, 0.717) is 29.0 Å². The highest BCUT2D eigenvalue weighted by Gasteiger charge is 2.17. The molecular weight excluding hydrogens is 378 g/mol. The van der Waals surface area contributed by atoms with E-state index in [1.54, 1.807) is 25.3 Å². The van der Waals surface area contributed by atoms with E-state index in [1.807, 2.05) is 48.5 Å². The Morgan fingerprint density at radius 2 is 1.90 bits per heavy atom. The number of hydrogen-bond donors (Lipinski definition) is 4. The minimum Gasteiger partial charge on any atom is -0.497 e. The second kappa shape index (κ2) is 9.71. The van der Waals surface area contributed by atoms with Crippen LogP contribution in [-0.2, 0) is 0 Å². The van der Waals surface area contributed by atoms with Gasteiger partial charge in [0.15, 0.2) is 0 Å². The van der Waals surface area contributed by atoms with Gasteiger partial charge in [0.25, 0.3) is 5.91 Å². The first-order valence-electron chi connectivity index (χ1n) is 9.62. The van der Waals surface area contributed by atoms with Gasteiger partial charge in [-0.05, 0) is 59.5 Å². The van der Waals surface area contributed by atoms with Crippen LogP contribution in [0, 0.1) is 5.41 Å². The van der Waals surface area contributed by atoms with Crippen LogP contribution < -0.4 is 15.8 Å². The summed E-state index contributed by atoms with van der Waals surface area (Å²) in [7, 11) is 1.59. The topological polar surface area (TPSA) is 108 Å². The highest BCUT2D eigenvalue weighted by Crippen LogP contribution is 2.25. The lowest BCUT2D eigenvalue weighted by atomic mass is 9.99. The number of benzene rings is 3. The van der Waals surface area contributed by atoms with Crippen LogP contribution in [0.3, 0.4) is 0 Å². The van der Waals surface area contributed by atoms with E-state index in [2.05, 4.69) is 5.32 Å². The molecule has 0 aromatic heterocycles.